The molecule has 7 nitrogen and oxygen atoms in total. The first-order valence-corrected chi connectivity index (χ1v) is 4.89. The second kappa shape index (κ2) is 4.49. The molecule has 0 atom stereocenters. The molecule has 0 bridgehead atoms. The minimum absolute atomic E-state index is 0.0852. The largest absolute Gasteiger partial charge is 0.476 e. The van der Waals surface area contributed by atoms with E-state index in [0.717, 1.165) is 0 Å². The second-order valence-electron chi connectivity index (χ2n) is 3.37. The van der Waals surface area contributed by atoms with Crippen molar-refractivity contribution in [2.75, 3.05) is 0 Å². The zero-order chi connectivity index (χ0) is 12.3. The number of hydrogen-bond donors (Lipinski definition) is 1. The van der Waals surface area contributed by atoms with Crippen molar-refractivity contribution in [3.05, 3.63) is 35.9 Å². The molecule has 0 radical (unpaired) electrons. The van der Waals surface area contributed by atoms with E-state index in [1.807, 2.05) is 0 Å². The van der Waals surface area contributed by atoms with Crippen LogP contribution in [0.1, 0.15) is 16.2 Å². The minimum atomic E-state index is -1.10. The Balaban J connectivity index is 2.03. The summed E-state index contributed by atoms with van der Waals surface area (Å²) in [6.45, 7) is 1.00. The zero-order valence-electron chi connectivity index (χ0n) is 8.82. The SMILES string of the molecule is N#Cc1cccn1CCn1cc(C(=O)O)nn1. The van der Waals surface area contributed by atoms with Crippen molar-refractivity contribution < 1.29 is 9.90 Å². The van der Waals surface area contributed by atoms with Gasteiger partial charge in [-0.3, -0.25) is 0 Å². The quantitative estimate of drug-likeness (QED) is 0.818. The van der Waals surface area contributed by atoms with Crippen molar-refractivity contribution in [3.8, 4) is 6.07 Å². The van der Waals surface area contributed by atoms with E-state index in [1.165, 1.54) is 10.9 Å². The monoisotopic (exact) mass is 231 g/mol. The van der Waals surface area contributed by atoms with Gasteiger partial charge in [0.2, 0.25) is 0 Å². The number of aromatic nitrogens is 4. The van der Waals surface area contributed by atoms with Gasteiger partial charge >= 0.3 is 5.97 Å². The summed E-state index contributed by atoms with van der Waals surface area (Å²) in [6.07, 6.45) is 3.14. The molecule has 0 aliphatic rings. The zero-order valence-corrected chi connectivity index (χ0v) is 8.82. The maximum atomic E-state index is 10.6. The highest BCUT2D eigenvalue weighted by Gasteiger charge is 2.08. The molecule has 0 spiro atoms. The lowest BCUT2D eigenvalue weighted by Gasteiger charge is -2.03. The molecule has 0 saturated carbocycles. The molecule has 0 saturated heterocycles. The molecular weight excluding hydrogens is 222 g/mol. The van der Waals surface area contributed by atoms with Crippen molar-refractivity contribution in [1.82, 2.24) is 19.6 Å². The Morgan fingerprint density at radius 3 is 3.00 bits per heavy atom. The maximum absolute atomic E-state index is 10.6. The summed E-state index contributed by atoms with van der Waals surface area (Å²) in [7, 11) is 0. The summed E-state index contributed by atoms with van der Waals surface area (Å²) >= 11 is 0. The van der Waals surface area contributed by atoms with Crippen molar-refractivity contribution in [1.29, 1.82) is 5.26 Å². The second-order valence-corrected chi connectivity index (χ2v) is 3.37. The van der Waals surface area contributed by atoms with Gasteiger partial charge in [0, 0.05) is 12.7 Å². The Labute approximate surface area is 96.5 Å². The lowest BCUT2D eigenvalue weighted by atomic mass is 10.4. The van der Waals surface area contributed by atoms with Crippen molar-refractivity contribution in [3.63, 3.8) is 0 Å². The van der Waals surface area contributed by atoms with E-state index in [1.54, 1.807) is 22.9 Å². The van der Waals surface area contributed by atoms with Gasteiger partial charge < -0.3 is 9.67 Å². The predicted octanol–water partition coefficient (Wildman–Crippen LogP) is 0.350. The first-order valence-electron chi connectivity index (χ1n) is 4.89. The molecule has 0 aromatic carbocycles. The smallest absolute Gasteiger partial charge is 0.358 e. The number of aromatic carboxylic acids is 1. The number of nitriles is 1. The van der Waals surface area contributed by atoms with Crippen LogP contribution >= 0.6 is 0 Å². The molecule has 0 unspecified atom stereocenters. The molecule has 0 amide bonds. The Kier molecular flexibility index (Phi) is 2.87. The van der Waals surface area contributed by atoms with Crippen molar-refractivity contribution >= 4 is 5.97 Å². The molecule has 0 aliphatic carbocycles. The Morgan fingerprint density at radius 1 is 1.53 bits per heavy atom. The van der Waals surface area contributed by atoms with Crippen LogP contribution in [0.2, 0.25) is 0 Å². The average Bonchev–Trinajstić information content (AvgIpc) is 2.95. The number of aryl methyl sites for hydroxylation is 2. The Bertz CT molecular complexity index is 578. The molecule has 2 aromatic heterocycles. The topological polar surface area (TPSA) is 96.7 Å². The van der Waals surface area contributed by atoms with Gasteiger partial charge in [0.05, 0.1) is 12.7 Å². The lowest BCUT2D eigenvalue weighted by Crippen LogP contribution is -2.08. The molecule has 0 aliphatic heterocycles. The van der Waals surface area contributed by atoms with E-state index in [9.17, 15) is 4.79 Å². The van der Waals surface area contributed by atoms with E-state index in [4.69, 9.17) is 10.4 Å². The number of nitrogens with zero attached hydrogens (tertiary/aromatic N) is 5. The molecule has 17 heavy (non-hydrogen) atoms. The van der Waals surface area contributed by atoms with Crippen LogP contribution in [0.15, 0.2) is 24.5 Å². The maximum Gasteiger partial charge on any atom is 0.358 e. The molecule has 86 valence electrons. The minimum Gasteiger partial charge on any atom is -0.476 e. The van der Waals surface area contributed by atoms with Gasteiger partial charge in [-0.2, -0.15) is 5.26 Å². The number of hydrogen-bond acceptors (Lipinski definition) is 4. The summed E-state index contributed by atoms with van der Waals surface area (Å²) in [5.74, 6) is -1.10. The molecule has 1 N–H and O–H groups in total. The van der Waals surface area contributed by atoms with Crippen molar-refractivity contribution in [2.45, 2.75) is 13.1 Å². The summed E-state index contributed by atoms with van der Waals surface area (Å²) in [6, 6.07) is 5.55. The molecule has 2 rings (SSSR count). The van der Waals surface area contributed by atoms with Crippen LogP contribution in [-0.2, 0) is 13.1 Å². The standard InChI is InChI=1S/C10H9N5O2/c11-6-8-2-1-3-14(8)4-5-15-7-9(10(16)17)12-13-15/h1-3,7H,4-5H2,(H,16,17). The first kappa shape index (κ1) is 10.9. The van der Waals surface area contributed by atoms with Gasteiger partial charge in [-0.15, -0.1) is 5.10 Å². The average molecular weight is 231 g/mol. The first-order chi connectivity index (χ1) is 8.20. The van der Waals surface area contributed by atoms with Gasteiger partial charge in [0.15, 0.2) is 5.69 Å². The fourth-order valence-corrected chi connectivity index (χ4v) is 1.43. The van der Waals surface area contributed by atoms with Crippen LogP contribution in [0, 0.1) is 11.3 Å². The summed E-state index contributed by atoms with van der Waals surface area (Å²) < 4.78 is 3.20. The van der Waals surface area contributed by atoms with Crippen LogP contribution in [-0.4, -0.2) is 30.6 Å². The van der Waals surface area contributed by atoms with E-state index < -0.39 is 5.97 Å². The number of carbonyl (C=O) groups is 1. The lowest BCUT2D eigenvalue weighted by molar-refractivity contribution is 0.0690. The van der Waals surface area contributed by atoms with Crippen LogP contribution < -0.4 is 0 Å². The van der Waals surface area contributed by atoms with Crippen LogP contribution in [0.4, 0.5) is 0 Å². The van der Waals surface area contributed by atoms with Crippen LogP contribution in [0.25, 0.3) is 0 Å². The summed E-state index contributed by atoms with van der Waals surface area (Å²) in [4.78, 5) is 10.6. The van der Waals surface area contributed by atoms with Gasteiger partial charge in [-0.05, 0) is 12.1 Å². The third-order valence-electron chi connectivity index (χ3n) is 2.27. The molecule has 2 heterocycles. The van der Waals surface area contributed by atoms with Gasteiger partial charge in [0.25, 0.3) is 0 Å². The number of rotatable bonds is 4. The third-order valence-corrected chi connectivity index (χ3v) is 2.27. The van der Waals surface area contributed by atoms with Gasteiger partial charge in [0.1, 0.15) is 11.8 Å². The molecular formula is C10H9N5O2. The van der Waals surface area contributed by atoms with Crippen molar-refractivity contribution in [2.24, 2.45) is 0 Å². The normalized spacial score (nSPS) is 10.1. The Morgan fingerprint density at radius 2 is 2.35 bits per heavy atom. The summed E-state index contributed by atoms with van der Waals surface area (Å²) in [5.41, 5.74) is 0.474. The van der Waals surface area contributed by atoms with Crippen LogP contribution in [0.3, 0.4) is 0 Å². The van der Waals surface area contributed by atoms with Crippen LogP contribution in [0.5, 0.6) is 0 Å². The summed E-state index contributed by atoms with van der Waals surface area (Å²) in [5, 5.41) is 24.6. The predicted molar refractivity (Wildman–Crippen MR) is 56.1 cm³/mol. The van der Waals surface area contributed by atoms with E-state index >= 15 is 0 Å². The molecule has 7 heteroatoms. The fraction of sp³-hybridized carbons (Fsp3) is 0.200. The van der Waals surface area contributed by atoms with Gasteiger partial charge in [-0.1, -0.05) is 5.21 Å². The highest BCUT2D eigenvalue weighted by atomic mass is 16.4. The van der Waals surface area contributed by atoms with E-state index in [-0.39, 0.29) is 5.69 Å². The van der Waals surface area contributed by atoms with E-state index in [2.05, 4.69) is 16.4 Å². The highest BCUT2D eigenvalue weighted by molar-refractivity contribution is 5.84. The van der Waals surface area contributed by atoms with E-state index in [0.29, 0.717) is 18.8 Å². The molecule has 0 fully saturated rings. The Hall–Kier alpha value is -2.62. The van der Waals surface area contributed by atoms with Gasteiger partial charge in [-0.25, -0.2) is 9.48 Å². The number of carboxylic acid groups (broad SMARTS) is 1. The third kappa shape index (κ3) is 2.31. The molecule has 2 aromatic rings. The highest BCUT2D eigenvalue weighted by Crippen LogP contribution is 2.01. The number of carboxylic acids is 1. The fourth-order valence-electron chi connectivity index (χ4n) is 1.43.